The summed E-state index contributed by atoms with van der Waals surface area (Å²) in [6, 6.07) is 7.90. The number of ether oxygens (including phenoxy) is 1. The van der Waals surface area contributed by atoms with Gasteiger partial charge in [-0.1, -0.05) is 12.1 Å². The molecular formula is C15H15FN2O2S2. The Morgan fingerprint density at radius 2 is 2.05 bits per heavy atom. The number of halogens is 1. The van der Waals surface area contributed by atoms with Crippen LogP contribution in [0, 0.1) is 12.7 Å². The molecule has 0 aliphatic rings. The Morgan fingerprint density at radius 3 is 2.68 bits per heavy atom. The van der Waals surface area contributed by atoms with E-state index >= 15 is 0 Å². The number of carbonyl (C=O) groups is 1. The van der Waals surface area contributed by atoms with Crippen LogP contribution in [-0.2, 0) is 11.3 Å². The Morgan fingerprint density at radius 1 is 1.36 bits per heavy atom. The second-order valence-corrected chi connectivity index (χ2v) is 6.19. The summed E-state index contributed by atoms with van der Waals surface area (Å²) in [6.07, 6.45) is 0. The van der Waals surface area contributed by atoms with Gasteiger partial charge in [0.25, 0.3) is 0 Å². The Hall–Kier alpha value is -1.99. The van der Waals surface area contributed by atoms with Crippen molar-refractivity contribution in [3.8, 4) is 0 Å². The topological polar surface area (TPSA) is 50.4 Å². The van der Waals surface area contributed by atoms with E-state index in [1.165, 1.54) is 30.6 Å². The van der Waals surface area contributed by atoms with Crippen molar-refractivity contribution in [3.05, 3.63) is 52.2 Å². The third kappa shape index (κ3) is 4.25. The van der Waals surface area contributed by atoms with Crippen LogP contribution in [0.5, 0.6) is 0 Å². The fourth-order valence-electron chi connectivity index (χ4n) is 1.80. The lowest BCUT2D eigenvalue weighted by atomic mass is 10.2. The van der Waals surface area contributed by atoms with Gasteiger partial charge in [0.05, 0.1) is 12.7 Å². The number of methoxy groups -OCH3 is 1. The minimum absolute atomic E-state index is 0.277. The molecule has 1 heterocycles. The van der Waals surface area contributed by atoms with Gasteiger partial charge in [0, 0.05) is 11.4 Å². The Labute approximate surface area is 137 Å². The zero-order valence-corrected chi connectivity index (χ0v) is 13.7. The lowest BCUT2D eigenvalue weighted by molar-refractivity contribution is 0.0602. The van der Waals surface area contributed by atoms with Crippen molar-refractivity contribution < 1.29 is 13.9 Å². The minimum atomic E-state index is -0.409. The summed E-state index contributed by atoms with van der Waals surface area (Å²) in [4.78, 5) is 12.7. The third-order valence-electron chi connectivity index (χ3n) is 2.85. The Balaban J connectivity index is 1.97. The van der Waals surface area contributed by atoms with Crippen LogP contribution in [-0.4, -0.2) is 18.2 Å². The molecule has 0 fully saturated rings. The summed E-state index contributed by atoms with van der Waals surface area (Å²) in [5, 5.41) is 7.03. The van der Waals surface area contributed by atoms with E-state index in [2.05, 4.69) is 10.6 Å². The third-order valence-corrected chi connectivity index (χ3v) is 4.07. The molecule has 0 spiro atoms. The van der Waals surface area contributed by atoms with Crippen molar-refractivity contribution in [2.24, 2.45) is 0 Å². The largest absolute Gasteiger partial charge is 0.465 e. The van der Waals surface area contributed by atoms with Gasteiger partial charge in [-0.3, -0.25) is 0 Å². The van der Waals surface area contributed by atoms with Crippen molar-refractivity contribution in [2.75, 3.05) is 12.4 Å². The van der Waals surface area contributed by atoms with Gasteiger partial charge in [0.1, 0.15) is 10.8 Å². The van der Waals surface area contributed by atoms with Gasteiger partial charge >= 0.3 is 5.97 Å². The van der Waals surface area contributed by atoms with E-state index in [-0.39, 0.29) is 5.82 Å². The number of aryl methyl sites for hydroxylation is 1. The van der Waals surface area contributed by atoms with E-state index in [0.29, 0.717) is 22.2 Å². The number of rotatable bonds is 4. The SMILES string of the molecule is COC(=O)c1cc(C)sc1NC(=S)NCc1ccc(F)cc1. The summed E-state index contributed by atoms with van der Waals surface area (Å²) in [6.45, 7) is 2.36. The van der Waals surface area contributed by atoms with Crippen LogP contribution in [0.1, 0.15) is 20.8 Å². The first-order valence-corrected chi connectivity index (χ1v) is 7.70. The molecule has 0 unspecified atom stereocenters. The van der Waals surface area contributed by atoms with E-state index in [4.69, 9.17) is 17.0 Å². The van der Waals surface area contributed by atoms with Crippen LogP contribution in [0.4, 0.5) is 9.39 Å². The Kier molecular flexibility index (Phi) is 5.46. The highest BCUT2D eigenvalue weighted by molar-refractivity contribution is 7.80. The van der Waals surface area contributed by atoms with Gasteiger partial charge in [0.2, 0.25) is 0 Å². The second kappa shape index (κ2) is 7.33. The highest BCUT2D eigenvalue weighted by Crippen LogP contribution is 2.28. The molecule has 0 aliphatic carbocycles. The molecule has 4 nitrogen and oxygen atoms in total. The highest BCUT2D eigenvalue weighted by atomic mass is 32.1. The number of hydrogen-bond acceptors (Lipinski definition) is 4. The van der Waals surface area contributed by atoms with Crippen LogP contribution in [0.2, 0.25) is 0 Å². The predicted molar refractivity (Wildman–Crippen MR) is 89.9 cm³/mol. The molecular weight excluding hydrogens is 323 g/mol. The molecule has 0 bridgehead atoms. The van der Waals surface area contributed by atoms with Crippen LogP contribution in [0.25, 0.3) is 0 Å². The quantitative estimate of drug-likeness (QED) is 0.660. The summed E-state index contributed by atoms with van der Waals surface area (Å²) >= 11 is 6.63. The molecule has 2 N–H and O–H groups in total. The highest BCUT2D eigenvalue weighted by Gasteiger charge is 2.16. The molecule has 22 heavy (non-hydrogen) atoms. The lowest BCUT2D eigenvalue weighted by Crippen LogP contribution is -2.28. The summed E-state index contributed by atoms with van der Waals surface area (Å²) in [7, 11) is 1.34. The summed E-state index contributed by atoms with van der Waals surface area (Å²) in [5.41, 5.74) is 1.36. The van der Waals surface area contributed by atoms with Gasteiger partial charge in [-0.05, 0) is 42.9 Å². The van der Waals surface area contributed by atoms with Crippen molar-refractivity contribution in [3.63, 3.8) is 0 Å². The molecule has 2 aromatic rings. The second-order valence-electron chi connectivity index (χ2n) is 4.53. The number of esters is 1. The fourth-order valence-corrected chi connectivity index (χ4v) is 2.94. The first-order chi connectivity index (χ1) is 10.5. The van der Waals surface area contributed by atoms with Gasteiger partial charge in [0.15, 0.2) is 5.11 Å². The average molecular weight is 338 g/mol. The van der Waals surface area contributed by atoms with Crippen molar-refractivity contribution in [1.82, 2.24) is 5.32 Å². The fraction of sp³-hybridized carbons (Fsp3) is 0.200. The molecule has 116 valence electrons. The van der Waals surface area contributed by atoms with Crippen LogP contribution >= 0.6 is 23.6 Å². The van der Waals surface area contributed by atoms with Crippen LogP contribution in [0.3, 0.4) is 0 Å². The maximum absolute atomic E-state index is 12.8. The monoisotopic (exact) mass is 338 g/mol. The van der Waals surface area contributed by atoms with Gasteiger partial charge in [-0.15, -0.1) is 11.3 Å². The van der Waals surface area contributed by atoms with Crippen molar-refractivity contribution in [2.45, 2.75) is 13.5 Å². The number of benzene rings is 1. The predicted octanol–water partition coefficient (Wildman–Crippen LogP) is 3.47. The molecule has 0 atom stereocenters. The Bertz CT molecular complexity index is 683. The standard InChI is InChI=1S/C15H15FN2O2S2/c1-9-7-12(14(19)20-2)13(22-9)18-15(21)17-8-10-3-5-11(16)6-4-10/h3-7H,8H2,1-2H3,(H2,17,18,21). The number of hydrogen-bond donors (Lipinski definition) is 2. The number of thiophene rings is 1. The molecule has 1 aromatic carbocycles. The molecule has 0 radical (unpaired) electrons. The maximum atomic E-state index is 12.8. The summed E-state index contributed by atoms with van der Waals surface area (Å²) in [5.74, 6) is -0.686. The first kappa shape index (κ1) is 16.4. The number of carbonyl (C=O) groups excluding carboxylic acids is 1. The van der Waals surface area contributed by atoms with Gasteiger partial charge in [-0.25, -0.2) is 9.18 Å². The van der Waals surface area contributed by atoms with Gasteiger partial charge in [-0.2, -0.15) is 0 Å². The zero-order chi connectivity index (χ0) is 16.1. The van der Waals surface area contributed by atoms with Crippen molar-refractivity contribution in [1.29, 1.82) is 0 Å². The lowest BCUT2D eigenvalue weighted by Gasteiger charge is -2.10. The van der Waals surface area contributed by atoms with E-state index in [9.17, 15) is 9.18 Å². The number of thiocarbonyl (C=S) groups is 1. The van der Waals surface area contributed by atoms with Crippen molar-refractivity contribution >= 4 is 39.6 Å². The molecule has 0 saturated heterocycles. The van der Waals surface area contributed by atoms with E-state index < -0.39 is 5.97 Å². The van der Waals surface area contributed by atoms with Crippen LogP contribution in [0.15, 0.2) is 30.3 Å². The summed E-state index contributed by atoms with van der Waals surface area (Å²) < 4.78 is 17.6. The van der Waals surface area contributed by atoms with E-state index in [0.717, 1.165) is 10.4 Å². The number of nitrogens with one attached hydrogen (secondary N) is 2. The van der Waals surface area contributed by atoms with Gasteiger partial charge < -0.3 is 15.4 Å². The van der Waals surface area contributed by atoms with E-state index in [1.54, 1.807) is 18.2 Å². The molecule has 0 aliphatic heterocycles. The first-order valence-electron chi connectivity index (χ1n) is 6.47. The maximum Gasteiger partial charge on any atom is 0.340 e. The molecule has 1 aromatic heterocycles. The van der Waals surface area contributed by atoms with E-state index in [1.807, 2.05) is 6.92 Å². The smallest absolute Gasteiger partial charge is 0.340 e. The van der Waals surface area contributed by atoms with Crippen LogP contribution < -0.4 is 10.6 Å². The average Bonchev–Trinajstić information content (AvgIpc) is 2.86. The molecule has 7 heteroatoms. The molecule has 2 rings (SSSR count). The zero-order valence-electron chi connectivity index (χ0n) is 12.1. The normalized spacial score (nSPS) is 10.1. The molecule has 0 amide bonds. The molecule has 0 saturated carbocycles. The number of anilines is 1. The minimum Gasteiger partial charge on any atom is -0.465 e.